The molecule has 0 heterocycles. The highest BCUT2D eigenvalue weighted by Crippen LogP contribution is 2.31. The molecule has 0 amide bonds. The van der Waals surface area contributed by atoms with Crippen LogP contribution in [-0.2, 0) is 16.8 Å². The molecule has 0 aromatic heterocycles. The molecule has 0 fully saturated rings. The van der Waals surface area contributed by atoms with Crippen molar-refractivity contribution in [3.8, 4) is 5.75 Å². The van der Waals surface area contributed by atoms with E-state index in [4.69, 9.17) is 10.5 Å². The third-order valence-electron chi connectivity index (χ3n) is 3.15. The van der Waals surface area contributed by atoms with Crippen molar-refractivity contribution < 1.29 is 9.53 Å². The highest BCUT2D eigenvalue weighted by Gasteiger charge is 2.21. The average molecular weight is 298 g/mol. The predicted octanol–water partition coefficient (Wildman–Crippen LogP) is 3.65. The van der Waals surface area contributed by atoms with Gasteiger partial charge in [0.05, 0.1) is 0 Å². The number of benzene rings is 1. The van der Waals surface area contributed by atoms with Gasteiger partial charge in [0.1, 0.15) is 5.75 Å². The molecule has 3 nitrogen and oxygen atoms in total. The molecule has 0 radical (unpaired) electrons. The second kappa shape index (κ2) is 6.91. The van der Waals surface area contributed by atoms with Gasteiger partial charge in [-0.3, -0.25) is 0 Å². The molecule has 20 heavy (non-hydrogen) atoms. The Morgan fingerprint density at radius 3 is 2.35 bits per heavy atom. The van der Waals surface area contributed by atoms with Gasteiger partial charge in [-0.25, -0.2) is 4.79 Å². The summed E-state index contributed by atoms with van der Waals surface area (Å²) in [5.74, 6) is 0.204. The fourth-order valence-corrected chi connectivity index (χ4v) is 2.15. The summed E-state index contributed by atoms with van der Waals surface area (Å²) in [5.41, 5.74) is 9.31. The van der Waals surface area contributed by atoms with Gasteiger partial charge in [0.15, 0.2) is 0 Å². The molecule has 0 spiro atoms. The zero-order valence-electron chi connectivity index (χ0n) is 12.9. The molecule has 1 aromatic rings. The van der Waals surface area contributed by atoms with Crippen molar-refractivity contribution in [3.05, 3.63) is 41.0 Å². The van der Waals surface area contributed by atoms with E-state index in [1.807, 2.05) is 39.8 Å². The van der Waals surface area contributed by atoms with Gasteiger partial charge in [-0.2, -0.15) is 0 Å². The predicted molar refractivity (Wildman–Crippen MR) is 85.5 cm³/mol. The minimum absolute atomic E-state index is 0. The maximum absolute atomic E-state index is 11.6. The maximum Gasteiger partial charge on any atom is 0.338 e. The van der Waals surface area contributed by atoms with Crippen LogP contribution < -0.4 is 10.5 Å². The second-order valence-electron chi connectivity index (χ2n) is 5.46. The Labute approximate surface area is 127 Å². The summed E-state index contributed by atoms with van der Waals surface area (Å²) < 4.78 is 5.37. The minimum Gasteiger partial charge on any atom is -0.423 e. The summed E-state index contributed by atoms with van der Waals surface area (Å²) in [7, 11) is 0. The minimum atomic E-state index is -0.412. The summed E-state index contributed by atoms with van der Waals surface area (Å²) >= 11 is 0. The van der Waals surface area contributed by atoms with Gasteiger partial charge in [-0.1, -0.05) is 19.6 Å². The van der Waals surface area contributed by atoms with Crippen LogP contribution in [0.1, 0.15) is 44.4 Å². The molecule has 0 bridgehead atoms. The molecule has 0 aliphatic rings. The van der Waals surface area contributed by atoms with Crippen LogP contribution in [0.2, 0.25) is 0 Å². The Kier molecular flexibility index (Phi) is 6.45. The van der Waals surface area contributed by atoms with Crippen molar-refractivity contribution in [2.75, 3.05) is 0 Å². The van der Waals surface area contributed by atoms with Crippen LogP contribution in [0, 0.1) is 6.92 Å². The van der Waals surface area contributed by atoms with Crippen LogP contribution in [0.15, 0.2) is 24.3 Å². The van der Waals surface area contributed by atoms with Gasteiger partial charge in [0.2, 0.25) is 0 Å². The zero-order valence-corrected chi connectivity index (χ0v) is 13.7. The molecule has 1 rings (SSSR count). The normalized spacial score (nSPS) is 10.7. The van der Waals surface area contributed by atoms with E-state index in [0.29, 0.717) is 11.3 Å². The monoisotopic (exact) mass is 297 g/mol. The zero-order chi connectivity index (χ0) is 14.8. The summed E-state index contributed by atoms with van der Waals surface area (Å²) in [5, 5.41) is 0. The molecule has 0 aliphatic heterocycles. The molecule has 4 heteroatoms. The Hall–Kier alpha value is -1.32. The lowest BCUT2D eigenvalue weighted by atomic mass is 9.88. The number of hydrogen-bond acceptors (Lipinski definition) is 3. The number of carbonyl (C=O) groups excluding carboxylic acids is 1. The number of halogens is 1. The molecule has 0 unspecified atom stereocenters. The molecule has 1 aromatic carbocycles. The fourth-order valence-electron chi connectivity index (χ4n) is 2.15. The van der Waals surface area contributed by atoms with Gasteiger partial charge < -0.3 is 10.5 Å². The van der Waals surface area contributed by atoms with Gasteiger partial charge in [0.25, 0.3) is 0 Å². The molecular weight excluding hydrogens is 274 g/mol. The Morgan fingerprint density at radius 2 is 1.95 bits per heavy atom. The highest BCUT2D eigenvalue weighted by molar-refractivity contribution is 5.89. The lowest BCUT2D eigenvalue weighted by Crippen LogP contribution is -2.30. The largest absolute Gasteiger partial charge is 0.423 e. The van der Waals surface area contributed by atoms with E-state index in [2.05, 4.69) is 6.58 Å². The summed E-state index contributed by atoms with van der Waals surface area (Å²) in [6.45, 7) is 13.2. The first-order valence-corrected chi connectivity index (χ1v) is 6.48. The fraction of sp³-hybridized carbons (Fsp3) is 0.438. The van der Waals surface area contributed by atoms with Crippen LogP contribution in [-0.4, -0.2) is 5.97 Å². The summed E-state index contributed by atoms with van der Waals surface area (Å²) in [4.78, 5) is 11.6. The Morgan fingerprint density at radius 1 is 1.40 bits per heavy atom. The van der Waals surface area contributed by atoms with Gasteiger partial charge in [-0.05, 0) is 56.9 Å². The molecule has 0 saturated carbocycles. The standard InChI is InChI=1S/C16H23NO2.ClH/c1-7-12-11(4)13(16(5,6)17)8-9-14(12)19-15(18)10(2)3;/h8-9H,2,7,17H2,1,3-6H3;1H. The average Bonchev–Trinajstić information content (AvgIpc) is 2.27. The quantitative estimate of drug-likeness (QED) is 0.524. The third kappa shape index (κ3) is 4.09. The lowest BCUT2D eigenvalue weighted by Gasteiger charge is -2.24. The third-order valence-corrected chi connectivity index (χ3v) is 3.15. The van der Waals surface area contributed by atoms with Crippen LogP contribution in [0.4, 0.5) is 0 Å². The maximum atomic E-state index is 11.6. The molecule has 0 saturated heterocycles. The Bertz CT molecular complexity index is 516. The number of esters is 1. The van der Waals surface area contributed by atoms with E-state index in [0.717, 1.165) is 23.1 Å². The topological polar surface area (TPSA) is 52.3 Å². The SMILES string of the molecule is C=C(C)C(=O)Oc1ccc(C(C)(C)N)c(C)c1CC.Cl. The summed E-state index contributed by atoms with van der Waals surface area (Å²) in [6.07, 6.45) is 0.786. The number of ether oxygens (including phenoxy) is 1. The second-order valence-corrected chi connectivity index (χ2v) is 5.46. The van der Waals surface area contributed by atoms with Crippen LogP contribution in [0.3, 0.4) is 0 Å². The van der Waals surface area contributed by atoms with Crippen molar-refractivity contribution >= 4 is 18.4 Å². The van der Waals surface area contributed by atoms with Crippen molar-refractivity contribution in [2.24, 2.45) is 5.73 Å². The smallest absolute Gasteiger partial charge is 0.338 e. The van der Waals surface area contributed by atoms with Gasteiger partial charge in [-0.15, -0.1) is 12.4 Å². The van der Waals surface area contributed by atoms with Crippen molar-refractivity contribution in [2.45, 2.75) is 46.6 Å². The van der Waals surface area contributed by atoms with E-state index < -0.39 is 11.5 Å². The number of nitrogens with two attached hydrogens (primary N) is 1. The van der Waals surface area contributed by atoms with E-state index in [1.54, 1.807) is 6.92 Å². The molecular formula is C16H24ClNO2. The number of carbonyl (C=O) groups is 1. The molecule has 2 N–H and O–H groups in total. The van der Waals surface area contributed by atoms with E-state index >= 15 is 0 Å². The van der Waals surface area contributed by atoms with E-state index in [-0.39, 0.29) is 12.4 Å². The highest BCUT2D eigenvalue weighted by atomic mass is 35.5. The van der Waals surface area contributed by atoms with Crippen molar-refractivity contribution in [1.29, 1.82) is 0 Å². The first-order valence-electron chi connectivity index (χ1n) is 6.48. The van der Waals surface area contributed by atoms with Crippen LogP contribution in [0.25, 0.3) is 0 Å². The lowest BCUT2D eigenvalue weighted by molar-refractivity contribution is -0.130. The van der Waals surface area contributed by atoms with Gasteiger partial charge in [0, 0.05) is 11.1 Å². The first kappa shape index (κ1) is 18.7. The van der Waals surface area contributed by atoms with Crippen LogP contribution in [0.5, 0.6) is 5.75 Å². The van der Waals surface area contributed by atoms with E-state index in [9.17, 15) is 4.79 Å². The number of hydrogen-bond donors (Lipinski definition) is 1. The van der Waals surface area contributed by atoms with Gasteiger partial charge >= 0.3 is 5.97 Å². The Balaban J connectivity index is 0.00000361. The van der Waals surface area contributed by atoms with Crippen LogP contribution >= 0.6 is 12.4 Å². The molecule has 112 valence electrons. The van der Waals surface area contributed by atoms with E-state index in [1.165, 1.54) is 0 Å². The van der Waals surface area contributed by atoms with Crippen molar-refractivity contribution in [1.82, 2.24) is 0 Å². The molecule has 0 aliphatic carbocycles. The van der Waals surface area contributed by atoms with Crippen molar-refractivity contribution in [3.63, 3.8) is 0 Å². The first-order chi connectivity index (χ1) is 8.68. The summed E-state index contributed by atoms with van der Waals surface area (Å²) in [6, 6.07) is 3.74. The molecule has 0 atom stereocenters. The number of rotatable bonds is 4.